The second-order valence-electron chi connectivity index (χ2n) is 7.02. The molecule has 4 heteroatoms. The van der Waals surface area contributed by atoms with Crippen LogP contribution in [0.25, 0.3) is 0 Å². The number of hydrogen-bond donors (Lipinski definition) is 4. The number of fused-ring (bicyclic) bond motifs is 2. The van der Waals surface area contributed by atoms with Crippen LogP contribution in [-0.2, 0) is 10.8 Å². The van der Waals surface area contributed by atoms with E-state index in [2.05, 4.69) is 0 Å². The fourth-order valence-corrected chi connectivity index (χ4v) is 3.51. The number of rotatable bonds is 0. The number of benzene rings is 2. The molecule has 0 unspecified atom stereocenters. The average Bonchev–Trinajstić information content (AvgIpc) is 2.42. The van der Waals surface area contributed by atoms with Crippen molar-refractivity contribution in [2.45, 2.75) is 38.5 Å². The second-order valence-corrected chi connectivity index (χ2v) is 7.02. The number of aromatic hydroxyl groups is 4. The Balaban J connectivity index is 2.43. The quantitative estimate of drug-likeness (QED) is 0.562. The van der Waals surface area contributed by atoms with Gasteiger partial charge in [-0.05, 0) is 46.5 Å². The van der Waals surface area contributed by atoms with E-state index in [1.54, 1.807) is 24.3 Å². The largest absolute Gasteiger partial charge is 0.504 e. The number of phenols is 4. The van der Waals surface area contributed by atoms with Crippen molar-refractivity contribution >= 4 is 0 Å². The molecule has 0 atom stereocenters. The summed E-state index contributed by atoms with van der Waals surface area (Å²) in [7, 11) is 0. The molecule has 22 heavy (non-hydrogen) atoms. The minimum atomic E-state index is -0.476. The minimum absolute atomic E-state index is 0.158. The van der Waals surface area contributed by atoms with Gasteiger partial charge in [0.15, 0.2) is 23.0 Å². The highest BCUT2D eigenvalue weighted by atomic mass is 16.3. The first-order chi connectivity index (χ1) is 10.1. The highest BCUT2D eigenvalue weighted by Gasteiger charge is 2.43. The van der Waals surface area contributed by atoms with Crippen LogP contribution in [0.3, 0.4) is 0 Å². The molecule has 0 fully saturated rings. The monoisotopic (exact) mass is 300 g/mol. The first-order valence-corrected chi connectivity index (χ1v) is 7.20. The van der Waals surface area contributed by atoms with E-state index in [1.807, 2.05) is 27.7 Å². The lowest BCUT2D eigenvalue weighted by molar-refractivity contribution is 0.391. The van der Waals surface area contributed by atoms with E-state index >= 15 is 0 Å². The molecule has 0 spiro atoms. The zero-order valence-corrected chi connectivity index (χ0v) is 13.1. The van der Waals surface area contributed by atoms with Crippen molar-refractivity contribution in [2.75, 3.05) is 0 Å². The van der Waals surface area contributed by atoms with Crippen molar-refractivity contribution in [3.63, 3.8) is 0 Å². The number of phenolic OH excluding ortho intramolecular Hbond substituents is 4. The minimum Gasteiger partial charge on any atom is -0.504 e. The van der Waals surface area contributed by atoms with Crippen LogP contribution in [0.1, 0.15) is 49.9 Å². The molecule has 1 aliphatic rings. The van der Waals surface area contributed by atoms with Crippen molar-refractivity contribution in [3.8, 4) is 23.0 Å². The van der Waals surface area contributed by atoms with Gasteiger partial charge in [0.2, 0.25) is 0 Å². The normalized spacial score (nSPS) is 17.6. The molecule has 2 aromatic carbocycles. The van der Waals surface area contributed by atoms with Gasteiger partial charge >= 0.3 is 0 Å². The van der Waals surface area contributed by atoms with Crippen LogP contribution in [0, 0.1) is 0 Å². The van der Waals surface area contributed by atoms with E-state index in [0.717, 1.165) is 22.3 Å². The smallest absolute Gasteiger partial charge is 0.157 e. The molecule has 0 saturated heterocycles. The van der Waals surface area contributed by atoms with Crippen LogP contribution in [-0.4, -0.2) is 20.4 Å². The summed E-state index contributed by atoms with van der Waals surface area (Å²) in [6.45, 7) is 7.97. The lowest BCUT2D eigenvalue weighted by atomic mass is 9.60. The molecule has 1 aliphatic carbocycles. The fourth-order valence-electron chi connectivity index (χ4n) is 3.51. The van der Waals surface area contributed by atoms with E-state index in [9.17, 15) is 20.4 Å². The van der Waals surface area contributed by atoms with Crippen molar-refractivity contribution < 1.29 is 20.4 Å². The summed E-state index contributed by atoms with van der Waals surface area (Å²) in [5, 5.41) is 39.5. The summed E-state index contributed by atoms with van der Waals surface area (Å²) < 4.78 is 0. The predicted octanol–water partition coefficient (Wildman–Crippen LogP) is 3.47. The molecule has 116 valence electrons. The maximum absolute atomic E-state index is 9.89. The van der Waals surface area contributed by atoms with E-state index < -0.39 is 10.8 Å². The third kappa shape index (κ3) is 1.70. The van der Waals surface area contributed by atoms with Crippen LogP contribution in [0.5, 0.6) is 23.0 Å². The Labute approximate surface area is 129 Å². The topological polar surface area (TPSA) is 80.9 Å². The molecule has 0 heterocycles. The van der Waals surface area contributed by atoms with Gasteiger partial charge in [-0.25, -0.2) is 0 Å². The second kappa shape index (κ2) is 4.09. The molecular weight excluding hydrogens is 280 g/mol. The van der Waals surface area contributed by atoms with Gasteiger partial charge in [0.25, 0.3) is 0 Å². The molecule has 4 nitrogen and oxygen atoms in total. The predicted molar refractivity (Wildman–Crippen MR) is 83.8 cm³/mol. The van der Waals surface area contributed by atoms with E-state index in [1.165, 1.54) is 0 Å². The third-order valence-corrected chi connectivity index (χ3v) is 4.92. The SMILES string of the molecule is CC1(C)c2cc(O)c(O)cc2C(C)(C)c2cc(O)c(O)cc21. The highest BCUT2D eigenvalue weighted by molar-refractivity contribution is 5.64. The van der Waals surface area contributed by atoms with Crippen molar-refractivity contribution in [3.05, 3.63) is 46.5 Å². The van der Waals surface area contributed by atoms with Gasteiger partial charge in [0, 0.05) is 10.8 Å². The molecular formula is C18H20O4. The molecule has 0 amide bonds. The molecule has 0 aromatic heterocycles. The van der Waals surface area contributed by atoms with Gasteiger partial charge in [-0.15, -0.1) is 0 Å². The van der Waals surface area contributed by atoms with Gasteiger partial charge < -0.3 is 20.4 Å². The Morgan fingerprint density at radius 3 is 0.864 bits per heavy atom. The molecule has 0 bridgehead atoms. The van der Waals surface area contributed by atoms with Crippen LogP contribution in [0.4, 0.5) is 0 Å². The van der Waals surface area contributed by atoms with Crippen LogP contribution in [0.2, 0.25) is 0 Å². The summed E-state index contributed by atoms with van der Waals surface area (Å²) in [6, 6.07) is 6.33. The summed E-state index contributed by atoms with van der Waals surface area (Å²) in [6.07, 6.45) is 0. The van der Waals surface area contributed by atoms with Crippen molar-refractivity contribution in [1.82, 2.24) is 0 Å². The number of hydrogen-bond acceptors (Lipinski definition) is 4. The van der Waals surface area contributed by atoms with Gasteiger partial charge in [-0.3, -0.25) is 0 Å². The molecule has 0 aliphatic heterocycles. The van der Waals surface area contributed by atoms with Crippen molar-refractivity contribution in [2.24, 2.45) is 0 Å². The summed E-state index contributed by atoms with van der Waals surface area (Å²) in [4.78, 5) is 0. The Morgan fingerprint density at radius 1 is 0.500 bits per heavy atom. The van der Waals surface area contributed by atoms with Crippen LogP contribution >= 0.6 is 0 Å². The van der Waals surface area contributed by atoms with Crippen LogP contribution in [0.15, 0.2) is 24.3 Å². The lowest BCUT2D eigenvalue weighted by Crippen LogP contribution is -2.36. The lowest BCUT2D eigenvalue weighted by Gasteiger charge is -2.44. The van der Waals surface area contributed by atoms with Gasteiger partial charge in [0.1, 0.15) is 0 Å². The molecule has 0 saturated carbocycles. The Kier molecular flexibility index (Phi) is 2.71. The molecule has 3 rings (SSSR count). The van der Waals surface area contributed by atoms with E-state index in [4.69, 9.17) is 0 Å². The zero-order chi connectivity index (χ0) is 16.4. The third-order valence-electron chi connectivity index (χ3n) is 4.92. The highest BCUT2D eigenvalue weighted by Crippen LogP contribution is 2.53. The Hall–Kier alpha value is -2.36. The Bertz CT molecular complexity index is 659. The standard InChI is InChI=1S/C18H20O4/c1-17(2)9-5-13(19)15(21)7-11(9)18(3,4)12-8-16(22)14(20)6-10(12)17/h5-8,19-22H,1-4H3. The molecule has 0 radical (unpaired) electrons. The molecule has 2 aromatic rings. The summed E-state index contributed by atoms with van der Waals surface area (Å²) in [5.74, 6) is -0.633. The maximum Gasteiger partial charge on any atom is 0.157 e. The van der Waals surface area contributed by atoms with Crippen molar-refractivity contribution in [1.29, 1.82) is 0 Å². The first kappa shape index (κ1) is 14.6. The maximum atomic E-state index is 9.89. The van der Waals surface area contributed by atoms with Gasteiger partial charge in [0.05, 0.1) is 0 Å². The van der Waals surface area contributed by atoms with Crippen LogP contribution < -0.4 is 0 Å². The van der Waals surface area contributed by atoms with Gasteiger partial charge in [-0.1, -0.05) is 27.7 Å². The fraction of sp³-hybridized carbons (Fsp3) is 0.333. The zero-order valence-electron chi connectivity index (χ0n) is 13.1. The van der Waals surface area contributed by atoms with Gasteiger partial charge in [-0.2, -0.15) is 0 Å². The van der Waals surface area contributed by atoms with E-state index in [-0.39, 0.29) is 23.0 Å². The van der Waals surface area contributed by atoms with E-state index in [0.29, 0.717) is 0 Å². The molecule has 4 N–H and O–H groups in total. The first-order valence-electron chi connectivity index (χ1n) is 7.20. The summed E-state index contributed by atoms with van der Waals surface area (Å²) >= 11 is 0. The Morgan fingerprint density at radius 2 is 0.682 bits per heavy atom. The average molecular weight is 300 g/mol. The summed E-state index contributed by atoms with van der Waals surface area (Å²) in [5.41, 5.74) is 2.62.